The van der Waals surface area contributed by atoms with E-state index in [0.29, 0.717) is 11.3 Å². The van der Waals surface area contributed by atoms with Gasteiger partial charge in [-0.1, -0.05) is 18.2 Å². The van der Waals surface area contributed by atoms with E-state index in [4.69, 9.17) is 4.74 Å². The standard InChI is InChI=1S/C24H17N3O6S/c28-21-13-20(23(29)26(21)15-7-9-16(10-8-15)27(31)32)34-17-11-5-14(6-12-17)25-22-18-3-1-2-4-19(18)24(30)33-22/h1-12,20,22,25H,13H2. The van der Waals surface area contributed by atoms with E-state index >= 15 is 0 Å². The first kappa shape index (κ1) is 21.7. The molecule has 9 nitrogen and oxygen atoms in total. The van der Waals surface area contributed by atoms with Gasteiger partial charge in [-0.3, -0.25) is 19.7 Å². The zero-order chi connectivity index (χ0) is 23.8. The largest absolute Gasteiger partial charge is 0.434 e. The summed E-state index contributed by atoms with van der Waals surface area (Å²) in [4.78, 5) is 49.5. The van der Waals surface area contributed by atoms with E-state index in [-0.39, 0.29) is 29.9 Å². The molecule has 0 saturated carbocycles. The van der Waals surface area contributed by atoms with Crippen molar-refractivity contribution in [3.05, 3.63) is 94.0 Å². The van der Waals surface area contributed by atoms with E-state index in [2.05, 4.69) is 5.32 Å². The molecule has 2 heterocycles. The topological polar surface area (TPSA) is 119 Å². The van der Waals surface area contributed by atoms with Crippen molar-refractivity contribution in [2.24, 2.45) is 0 Å². The third-order valence-corrected chi connectivity index (χ3v) is 6.74. The maximum atomic E-state index is 12.9. The molecule has 2 atom stereocenters. The lowest BCUT2D eigenvalue weighted by atomic mass is 10.1. The second-order valence-electron chi connectivity index (χ2n) is 7.69. The number of fused-ring (bicyclic) bond motifs is 1. The van der Waals surface area contributed by atoms with Gasteiger partial charge in [-0.2, -0.15) is 0 Å². The number of rotatable bonds is 6. The number of esters is 1. The molecular weight excluding hydrogens is 458 g/mol. The second kappa shape index (κ2) is 8.64. The maximum absolute atomic E-state index is 12.9. The van der Waals surface area contributed by atoms with Crippen LogP contribution in [0, 0.1) is 10.1 Å². The summed E-state index contributed by atoms with van der Waals surface area (Å²) in [5, 5.41) is 13.4. The highest BCUT2D eigenvalue weighted by atomic mass is 32.2. The first-order valence-electron chi connectivity index (χ1n) is 10.3. The predicted octanol–water partition coefficient (Wildman–Crippen LogP) is 4.30. The number of nitro benzene ring substituents is 1. The molecule has 170 valence electrons. The minimum absolute atomic E-state index is 0.0370. The Kier molecular flexibility index (Phi) is 5.50. The molecule has 0 spiro atoms. The van der Waals surface area contributed by atoms with Crippen molar-refractivity contribution in [2.75, 3.05) is 10.2 Å². The Labute approximate surface area is 197 Å². The van der Waals surface area contributed by atoms with Crippen LogP contribution >= 0.6 is 11.8 Å². The number of hydrogen-bond donors (Lipinski definition) is 1. The Morgan fingerprint density at radius 3 is 2.38 bits per heavy atom. The van der Waals surface area contributed by atoms with Gasteiger partial charge < -0.3 is 10.1 Å². The number of nitrogens with one attached hydrogen (secondary N) is 1. The van der Waals surface area contributed by atoms with Gasteiger partial charge in [-0.05, 0) is 42.5 Å². The van der Waals surface area contributed by atoms with Crippen LogP contribution in [0.1, 0.15) is 28.6 Å². The highest BCUT2D eigenvalue weighted by Gasteiger charge is 2.40. The van der Waals surface area contributed by atoms with Gasteiger partial charge in [0.2, 0.25) is 18.0 Å². The Morgan fingerprint density at radius 2 is 1.68 bits per heavy atom. The molecule has 34 heavy (non-hydrogen) atoms. The number of amides is 2. The number of imide groups is 1. The Bertz CT molecular complexity index is 1310. The van der Waals surface area contributed by atoms with Crippen molar-refractivity contribution in [3.8, 4) is 0 Å². The summed E-state index contributed by atoms with van der Waals surface area (Å²) in [5.41, 5.74) is 2.25. The summed E-state index contributed by atoms with van der Waals surface area (Å²) in [7, 11) is 0. The summed E-state index contributed by atoms with van der Waals surface area (Å²) in [6.07, 6.45) is -0.540. The van der Waals surface area contributed by atoms with Crippen molar-refractivity contribution >= 4 is 46.6 Å². The van der Waals surface area contributed by atoms with Crippen LogP contribution in [0.5, 0.6) is 0 Å². The van der Waals surface area contributed by atoms with Crippen molar-refractivity contribution in [1.82, 2.24) is 0 Å². The van der Waals surface area contributed by atoms with Gasteiger partial charge in [0.15, 0.2) is 0 Å². The zero-order valence-electron chi connectivity index (χ0n) is 17.5. The van der Waals surface area contributed by atoms with Crippen LogP contribution in [-0.2, 0) is 14.3 Å². The summed E-state index contributed by atoms with van der Waals surface area (Å²) in [6, 6.07) is 19.8. The molecule has 1 N–H and O–H groups in total. The fraction of sp³-hybridized carbons (Fsp3) is 0.125. The van der Waals surface area contributed by atoms with Crippen LogP contribution < -0.4 is 10.2 Å². The molecule has 3 aromatic carbocycles. The fourth-order valence-electron chi connectivity index (χ4n) is 3.89. The van der Waals surface area contributed by atoms with Crippen molar-refractivity contribution in [1.29, 1.82) is 0 Å². The van der Waals surface area contributed by atoms with Crippen LogP contribution in [0.4, 0.5) is 17.1 Å². The van der Waals surface area contributed by atoms with Gasteiger partial charge in [0.25, 0.3) is 5.69 Å². The first-order valence-corrected chi connectivity index (χ1v) is 11.2. The van der Waals surface area contributed by atoms with Gasteiger partial charge in [0.05, 0.1) is 21.4 Å². The van der Waals surface area contributed by atoms with Crippen molar-refractivity contribution in [3.63, 3.8) is 0 Å². The van der Waals surface area contributed by atoms with Crippen LogP contribution in [0.3, 0.4) is 0 Å². The number of benzene rings is 3. The average molecular weight is 475 g/mol. The number of carbonyl (C=O) groups is 3. The van der Waals surface area contributed by atoms with Gasteiger partial charge in [0.1, 0.15) is 0 Å². The molecule has 1 fully saturated rings. The normalized spacial score (nSPS) is 19.2. The highest BCUT2D eigenvalue weighted by Crippen LogP contribution is 2.36. The Balaban J connectivity index is 1.25. The van der Waals surface area contributed by atoms with Gasteiger partial charge in [0, 0.05) is 34.7 Å². The zero-order valence-corrected chi connectivity index (χ0v) is 18.4. The fourth-order valence-corrected chi connectivity index (χ4v) is 4.94. The Morgan fingerprint density at radius 1 is 0.971 bits per heavy atom. The molecule has 2 aliphatic heterocycles. The summed E-state index contributed by atoms with van der Waals surface area (Å²) < 4.78 is 5.39. The lowest BCUT2D eigenvalue weighted by Gasteiger charge is -2.16. The molecule has 0 aliphatic carbocycles. The summed E-state index contributed by atoms with van der Waals surface area (Å²) >= 11 is 1.28. The van der Waals surface area contributed by atoms with E-state index in [9.17, 15) is 24.5 Å². The lowest BCUT2D eigenvalue weighted by Crippen LogP contribution is -2.31. The molecule has 2 aliphatic rings. The van der Waals surface area contributed by atoms with Gasteiger partial charge >= 0.3 is 5.97 Å². The molecule has 1 saturated heterocycles. The third kappa shape index (κ3) is 3.99. The van der Waals surface area contributed by atoms with Gasteiger partial charge in [-0.15, -0.1) is 11.8 Å². The van der Waals surface area contributed by atoms with E-state index in [1.807, 2.05) is 36.4 Å². The van der Waals surface area contributed by atoms with Crippen LogP contribution in [0.25, 0.3) is 0 Å². The molecule has 2 amide bonds. The monoisotopic (exact) mass is 475 g/mol. The van der Waals surface area contributed by atoms with E-state index < -0.39 is 16.4 Å². The van der Waals surface area contributed by atoms with Crippen LogP contribution in [0.2, 0.25) is 0 Å². The molecule has 2 unspecified atom stereocenters. The number of non-ortho nitro benzene ring substituents is 1. The van der Waals surface area contributed by atoms with E-state index in [1.54, 1.807) is 12.1 Å². The molecule has 3 aromatic rings. The highest BCUT2D eigenvalue weighted by molar-refractivity contribution is 8.00. The van der Waals surface area contributed by atoms with Gasteiger partial charge in [-0.25, -0.2) is 9.69 Å². The SMILES string of the molecule is O=C1OC(Nc2ccc(SC3CC(=O)N(c4ccc([N+](=O)[O-])cc4)C3=O)cc2)c2ccccc21. The number of nitro groups is 1. The number of thioether (sulfide) groups is 1. The van der Waals surface area contributed by atoms with Crippen LogP contribution in [-0.4, -0.2) is 28.0 Å². The van der Waals surface area contributed by atoms with E-state index in [1.165, 1.54) is 36.0 Å². The number of anilines is 2. The predicted molar refractivity (Wildman–Crippen MR) is 125 cm³/mol. The minimum Gasteiger partial charge on any atom is -0.434 e. The minimum atomic E-state index is -0.593. The van der Waals surface area contributed by atoms with Crippen molar-refractivity contribution in [2.45, 2.75) is 22.8 Å². The number of carbonyl (C=O) groups excluding carboxylic acids is 3. The number of cyclic esters (lactones) is 1. The molecule has 5 rings (SSSR count). The first-order chi connectivity index (χ1) is 16.4. The average Bonchev–Trinajstić information content (AvgIpc) is 3.30. The van der Waals surface area contributed by atoms with Crippen molar-refractivity contribution < 1.29 is 24.0 Å². The van der Waals surface area contributed by atoms with Crippen LogP contribution in [0.15, 0.2) is 77.7 Å². The third-order valence-electron chi connectivity index (χ3n) is 5.54. The lowest BCUT2D eigenvalue weighted by molar-refractivity contribution is -0.384. The number of hydrogen-bond acceptors (Lipinski definition) is 8. The van der Waals surface area contributed by atoms with E-state index in [0.717, 1.165) is 21.0 Å². The molecule has 0 aromatic heterocycles. The summed E-state index contributed by atoms with van der Waals surface area (Å²) in [5.74, 6) is -1.08. The smallest absolute Gasteiger partial charge is 0.340 e. The number of nitrogens with zero attached hydrogens (tertiary/aromatic N) is 2. The molecule has 0 bridgehead atoms. The number of ether oxygens (including phenoxy) is 1. The quantitative estimate of drug-likeness (QED) is 0.243. The molecule has 10 heteroatoms. The maximum Gasteiger partial charge on any atom is 0.340 e. The summed E-state index contributed by atoms with van der Waals surface area (Å²) in [6.45, 7) is 0. The second-order valence-corrected chi connectivity index (χ2v) is 8.97. The Hall–Kier alpha value is -4.18. The molecular formula is C24H17N3O6S. The molecule has 0 radical (unpaired) electrons.